The summed E-state index contributed by atoms with van der Waals surface area (Å²) in [6, 6.07) is 14.1. The van der Waals surface area contributed by atoms with Gasteiger partial charge in [0.25, 0.3) is 0 Å². The molecule has 118 valence electrons. The van der Waals surface area contributed by atoms with Crippen molar-refractivity contribution < 1.29 is 14.4 Å². The highest BCUT2D eigenvalue weighted by Crippen LogP contribution is 2.28. The van der Waals surface area contributed by atoms with E-state index in [1.165, 1.54) is 0 Å². The third-order valence-electron chi connectivity index (χ3n) is 3.67. The summed E-state index contributed by atoms with van der Waals surface area (Å²) >= 11 is 0. The molecule has 2 unspecified atom stereocenters. The molecule has 0 aliphatic carbocycles. The van der Waals surface area contributed by atoms with E-state index in [0.717, 1.165) is 28.0 Å². The molecule has 0 saturated heterocycles. The molecule has 0 bridgehead atoms. The fourth-order valence-electron chi connectivity index (χ4n) is 2.52. The van der Waals surface area contributed by atoms with Gasteiger partial charge in [-0.2, -0.15) is 0 Å². The smallest absolute Gasteiger partial charge is 0.126 e. The molecule has 0 heterocycles. The molecule has 4 heteroatoms. The lowest BCUT2D eigenvalue weighted by atomic mass is 9.99. The van der Waals surface area contributed by atoms with E-state index < -0.39 is 0 Å². The lowest BCUT2D eigenvalue weighted by Gasteiger charge is -2.19. The second-order valence-electron chi connectivity index (χ2n) is 5.48. The molecule has 0 aromatic heterocycles. The lowest BCUT2D eigenvalue weighted by molar-refractivity contribution is 0.00293. The second kappa shape index (κ2) is 8.28. The van der Waals surface area contributed by atoms with Gasteiger partial charge in [-0.05, 0) is 42.2 Å². The predicted molar refractivity (Wildman–Crippen MR) is 92.1 cm³/mol. The van der Waals surface area contributed by atoms with Crippen LogP contribution < -0.4 is 4.52 Å². The van der Waals surface area contributed by atoms with E-state index in [1.807, 2.05) is 43.3 Å². The largest absolute Gasteiger partial charge is 0.480 e. The minimum Gasteiger partial charge on any atom is -0.480 e. The Bertz CT molecular complexity index is 599. The van der Waals surface area contributed by atoms with Gasteiger partial charge in [-0.15, -0.1) is 0 Å². The number of hydrogen-bond donors (Lipinski definition) is 1. The summed E-state index contributed by atoms with van der Waals surface area (Å²) in [5, 5.41) is 9.60. The third-order valence-corrected chi connectivity index (χ3v) is 3.92. The quantitative estimate of drug-likeness (QED) is 0.793. The molecule has 2 aromatic carbocycles. The van der Waals surface area contributed by atoms with Crippen molar-refractivity contribution in [1.29, 1.82) is 0 Å². The minimum atomic E-state index is -0.250. The van der Waals surface area contributed by atoms with E-state index in [9.17, 15) is 5.11 Å². The van der Waals surface area contributed by atoms with Crippen molar-refractivity contribution in [3.8, 4) is 5.75 Å². The summed E-state index contributed by atoms with van der Waals surface area (Å²) in [4.78, 5) is 0. The van der Waals surface area contributed by atoms with E-state index in [0.29, 0.717) is 13.0 Å². The Morgan fingerprint density at radius 1 is 1.14 bits per heavy atom. The first kappa shape index (κ1) is 17.0. The Balaban J connectivity index is 2.07. The summed E-state index contributed by atoms with van der Waals surface area (Å²) < 4.78 is 11.2. The summed E-state index contributed by atoms with van der Waals surface area (Å²) in [7, 11) is 2.29. The third kappa shape index (κ3) is 4.54. The molecule has 2 rings (SSSR count). The molecule has 0 spiro atoms. The normalized spacial score (nSPS) is 12.2. The van der Waals surface area contributed by atoms with Crippen molar-refractivity contribution in [1.82, 2.24) is 0 Å². The van der Waals surface area contributed by atoms with Gasteiger partial charge in [0, 0.05) is 6.42 Å². The maximum Gasteiger partial charge on any atom is 0.126 e. The van der Waals surface area contributed by atoms with Gasteiger partial charge in [-0.1, -0.05) is 36.4 Å². The van der Waals surface area contributed by atoms with Gasteiger partial charge in [0.2, 0.25) is 0 Å². The maximum atomic E-state index is 9.60. The van der Waals surface area contributed by atoms with Crippen LogP contribution in [-0.4, -0.2) is 17.8 Å². The number of aryl methyl sites for hydroxylation is 2. The summed E-state index contributed by atoms with van der Waals surface area (Å²) in [6.07, 6.45) is 0.375. The standard InChI is InChI=1S/C18H23O3P/c1-13-8-14(2)17(18(9-13)21-22)10-16(11-19)20-12-15-6-4-3-5-7-15/h3-9,16,19H,10-12,22H2,1-2H3. The highest BCUT2D eigenvalue weighted by molar-refractivity contribution is 7.10. The van der Waals surface area contributed by atoms with Gasteiger partial charge >= 0.3 is 0 Å². The Hall–Kier alpha value is -1.41. The molecule has 0 saturated carbocycles. The zero-order valence-corrected chi connectivity index (χ0v) is 14.2. The van der Waals surface area contributed by atoms with Gasteiger partial charge in [-0.3, -0.25) is 0 Å². The molecular formula is C18H23O3P. The molecular weight excluding hydrogens is 295 g/mol. The first-order valence-corrected chi connectivity index (χ1v) is 7.84. The zero-order chi connectivity index (χ0) is 15.9. The van der Waals surface area contributed by atoms with E-state index in [1.54, 1.807) is 0 Å². The Morgan fingerprint density at radius 3 is 2.50 bits per heavy atom. The van der Waals surface area contributed by atoms with Gasteiger partial charge in [-0.25, -0.2) is 0 Å². The van der Waals surface area contributed by atoms with Crippen LogP contribution in [0, 0.1) is 13.8 Å². The SMILES string of the molecule is Cc1cc(C)c(CC(CO)OCc2ccccc2)c(OP)c1. The Kier molecular flexibility index (Phi) is 6.38. The van der Waals surface area contributed by atoms with Crippen LogP contribution in [0.15, 0.2) is 42.5 Å². The fraction of sp³-hybridized carbons (Fsp3) is 0.333. The van der Waals surface area contributed by atoms with Crippen molar-refractivity contribution in [2.75, 3.05) is 6.61 Å². The Morgan fingerprint density at radius 2 is 1.86 bits per heavy atom. The number of hydrogen-bond acceptors (Lipinski definition) is 3. The van der Waals surface area contributed by atoms with Crippen LogP contribution in [0.25, 0.3) is 0 Å². The van der Waals surface area contributed by atoms with Gasteiger partial charge in [0.15, 0.2) is 0 Å². The fourth-order valence-corrected chi connectivity index (χ4v) is 2.73. The van der Waals surface area contributed by atoms with Gasteiger partial charge in [0.1, 0.15) is 5.75 Å². The predicted octanol–water partition coefficient (Wildman–Crippen LogP) is 3.59. The number of aliphatic hydroxyl groups is 1. The van der Waals surface area contributed by atoms with Gasteiger partial charge < -0.3 is 14.4 Å². The number of ether oxygens (including phenoxy) is 1. The topological polar surface area (TPSA) is 38.7 Å². The van der Waals surface area contributed by atoms with E-state index in [4.69, 9.17) is 9.26 Å². The first-order valence-electron chi connectivity index (χ1n) is 7.37. The molecule has 0 radical (unpaired) electrons. The first-order chi connectivity index (χ1) is 10.6. The lowest BCUT2D eigenvalue weighted by Crippen LogP contribution is -2.21. The molecule has 2 atom stereocenters. The van der Waals surface area contributed by atoms with Crippen LogP contribution in [0.5, 0.6) is 5.75 Å². The Labute approximate surface area is 134 Å². The summed E-state index contributed by atoms with van der Waals surface area (Å²) in [5.41, 5.74) is 4.49. The van der Waals surface area contributed by atoms with Crippen LogP contribution in [0.1, 0.15) is 22.3 Å². The van der Waals surface area contributed by atoms with Crippen molar-refractivity contribution in [2.24, 2.45) is 0 Å². The van der Waals surface area contributed by atoms with Crippen LogP contribution in [0.3, 0.4) is 0 Å². The maximum absolute atomic E-state index is 9.60. The molecule has 0 fully saturated rings. The molecule has 0 aliphatic rings. The summed E-state index contributed by atoms with van der Waals surface area (Å²) in [6.45, 7) is 4.57. The van der Waals surface area contributed by atoms with E-state index in [2.05, 4.69) is 22.5 Å². The number of benzene rings is 2. The van der Waals surface area contributed by atoms with Crippen LogP contribution in [0.2, 0.25) is 0 Å². The summed E-state index contributed by atoms with van der Waals surface area (Å²) in [5.74, 6) is 0.823. The molecule has 0 amide bonds. The monoisotopic (exact) mass is 318 g/mol. The zero-order valence-electron chi connectivity index (χ0n) is 13.1. The highest BCUT2D eigenvalue weighted by Gasteiger charge is 2.15. The van der Waals surface area contributed by atoms with Gasteiger partial charge in [0.05, 0.1) is 28.8 Å². The van der Waals surface area contributed by atoms with Crippen LogP contribution >= 0.6 is 9.47 Å². The molecule has 1 N–H and O–H groups in total. The minimum absolute atomic E-state index is 0.0174. The number of rotatable bonds is 7. The van der Waals surface area contributed by atoms with Crippen molar-refractivity contribution in [2.45, 2.75) is 33.0 Å². The van der Waals surface area contributed by atoms with E-state index >= 15 is 0 Å². The highest BCUT2D eigenvalue weighted by atomic mass is 31.0. The van der Waals surface area contributed by atoms with Crippen LogP contribution in [0.4, 0.5) is 0 Å². The van der Waals surface area contributed by atoms with Crippen molar-refractivity contribution >= 4 is 9.47 Å². The average molecular weight is 318 g/mol. The molecule has 0 aliphatic heterocycles. The van der Waals surface area contributed by atoms with E-state index in [-0.39, 0.29) is 12.7 Å². The molecule has 3 nitrogen and oxygen atoms in total. The van der Waals surface area contributed by atoms with Crippen molar-refractivity contribution in [3.63, 3.8) is 0 Å². The van der Waals surface area contributed by atoms with Crippen LogP contribution in [-0.2, 0) is 17.8 Å². The van der Waals surface area contributed by atoms with Crippen molar-refractivity contribution in [3.05, 3.63) is 64.7 Å². The average Bonchev–Trinajstić information content (AvgIpc) is 2.53. The molecule has 2 aromatic rings. The molecule has 22 heavy (non-hydrogen) atoms. The second-order valence-corrected chi connectivity index (χ2v) is 5.72. The number of aliphatic hydroxyl groups excluding tert-OH is 1.